The molecule has 25 heavy (non-hydrogen) atoms. The van der Waals surface area contributed by atoms with Crippen LogP contribution >= 0.6 is 0 Å². The topological polar surface area (TPSA) is 67.8 Å². The normalized spacial score (nSPS) is 50.9. The highest BCUT2D eigenvalue weighted by Crippen LogP contribution is 2.65. The van der Waals surface area contributed by atoms with Crippen LogP contribution in [0.15, 0.2) is 5.16 Å². The Kier molecular flexibility index (Phi) is 4.64. The van der Waals surface area contributed by atoms with Gasteiger partial charge in [0.25, 0.3) is 0 Å². The van der Waals surface area contributed by atoms with Gasteiger partial charge in [0.05, 0.1) is 11.8 Å². The molecule has 4 nitrogen and oxygen atoms in total. The van der Waals surface area contributed by atoms with E-state index in [1.165, 1.54) is 44.2 Å². The number of rotatable bonds is 3. The van der Waals surface area contributed by atoms with Crippen LogP contribution in [0.25, 0.3) is 0 Å². The maximum atomic E-state index is 10.6. The third kappa shape index (κ3) is 2.75. The molecule has 0 bridgehead atoms. The summed E-state index contributed by atoms with van der Waals surface area (Å²) in [5.41, 5.74) is 7.41. The summed E-state index contributed by atoms with van der Waals surface area (Å²) in [5, 5.41) is 14.9. The highest BCUT2D eigenvalue weighted by atomic mass is 16.6. The predicted octanol–water partition coefficient (Wildman–Crippen LogP) is 3.72. The summed E-state index contributed by atoms with van der Waals surface area (Å²) in [7, 11) is 0. The zero-order valence-electron chi connectivity index (χ0n) is 16.0. The van der Waals surface area contributed by atoms with Crippen molar-refractivity contribution in [2.24, 2.45) is 45.4 Å². The molecule has 0 spiro atoms. The summed E-state index contributed by atoms with van der Waals surface area (Å²) in [6, 6.07) is 0. The summed E-state index contributed by atoms with van der Waals surface area (Å²) in [6.07, 6.45) is 10.9. The fourth-order valence-corrected chi connectivity index (χ4v) is 7.30. The van der Waals surface area contributed by atoms with Gasteiger partial charge >= 0.3 is 0 Å². The van der Waals surface area contributed by atoms with E-state index in [9.17, 15) is 5.11 Å². The van der Waals surface area contributed by atoms with Crippen molar-refractivity contribution in [1.29, 1.82) is 0 Å². The molecular formula is C21H36N2O2. The van der Waals surface area contributed by atoms with Gasteiger partial charge < -0.3 is 15.7 Å². The lowest BCUT2D eigenvalue weighted by Crippen LogP contribution is -2.54. The second-order valence-electron chi connectivity index (χ2n) is 9.78. The monoisotopic (exact) mass is 348 g/mol. The van der Waals surface area contributed by atoms with Crippen molar-refractivity contribution in [3.05, 3.63) is 0 Å². The number of oxime groups is 1. The molecule has 7 atom stereocenters. The van der Waals surface area contributed by atoms with Gasteiger partial charge in [0.15, 0.2) is 0 Å². The molecule has 0 saturated heterocycles. The maximum Gasteiger partial charge on any atom is 0.129 e. The first-order chi connectivity index (χ1) is 12.0. The number of fused-ring (bicyclic) bond motifs is 5. The first-order valence-electron chi connectivity index (χ1n) is 10.5. The van der Waals surface area contributed by atoms with Crippen molar-refractivity contribution in [2.45, 2.75) is 77.7 Å². The molecule has 4 heteroatoms. The number of hydrogen-bond acceptors (Lipinski definition) is 4. The number of nitrogens with zero attached hydrogens (tertiary/aromatic N) is 1. The fourth-order valence-electron chi connectivity index (χ4n) is 7.30. The fraction of sp³-hybridized carbons (Fsp3) is 0.952. The van der Waals surface area contributed by atoms with Gasteiger partial charge in [0.2, 0.25) is 0 Å². The first kappa shape index (κ1) is 17.8. The Morgan fingerprint density at radius 2 is 1.88 bits per heavy atom. The Morgan fingerprint density at radius 3 is 2.68 bits per heavy atom. The Bertz CT molecular complexity index is 536. The van der Waals surface area contributed by atoms with Crippen LogP contribution in [0.1, 0.15) is 71.6 Å². The van der Waals surface area contributed by atoms with Gasteiger partial charge in [0, 0.05) is 6.54 Å². The number of hydrogen-bond donors (Lipinski definition) is 2. The summed E-state index contributed by atoms with van der Waals surface area (Å²) in [4.78, 5) is 5.36. The number of nitrogens with two attached hydrogens (primary N) is 1. The molecule has 4 aliphatic rings. The Morgan fingerprint density at radius 1 is 1.08 bits per heavy atom. The molecule has 3 N–H and O–H groups in total. The van der Waals surface area contributed by atoms with Gasteiger partial charge in [-0.05, 0) is 92.3 Å². The molecule has 0 radical (unpaired) electrons. The molecular weight excluding hydrogens is 312 g/mol. The van der Waals surface area contributed by atoms with Crippen LogP contribution in [-0.2, 0) is 4.84 Å². The quantitative estimate of drug-likeness (QED) is 0.603. The molecule has 4 saturated carbocycles. The smallest absolute Gasteiger partial charge is 0.129 e. The van der Waals surface area contributed by atoms with Crippen LogP contribution in [0.4, 0.5) is 0 Å². The van der Waals surface area contributed by atoms with Crippen molar-refractivity contribution in [3.8, 4) is 0 Å². The van der Waals surface area contributed by atoms with Crippen LogP contribution in [0.3, 0.4) is 0 Å². The highest BCUT2D eigenvalue weighted by molar-refractivity contribution is 5.85. The SMILES string of the molecule is C[C@]12CCC(=NOCCN)CC1CCC1C2CC[C@@]2(C)C1CC[C@@H]2O. The minimum absolute atomic E-state index is 0.0613. The van der Waals surface area contributed by atoms with Crippen LogP contribution in [0, 0.1) is 34.5 Å². The Hall–Kier alpha value is -0.610. The van der Waals surface area contributed by atoms with Gasteiger partial charge in [-0.3, -0.25) is 0 Å². The first-order valence-corrected chi connectivity index (χ1v) is 10.5. The molecule has 0 aromatic rings. The van der Waals surface area contributed by atoms with Crippen molar-refractivity contribution in [1.82, 2.24) is 0 Å². The minimum atomic E-state index is -0.0613. The van der Waals surface area contributed by atoms with Crippen molar-refractivity contribution in [2.75, 3.05) is 13.2 Å². The van der Waals surface area contributed by atoms with E-state index in [1.54, 1.807) is 0 Å². The number of aliphatic hydroxyl groups is 1. The molecule has 4 aliphatic carbocycles. The van der Waals surface area contributed by atoms with E-state index >= 15 is 0 Å². The van der Waals surface area contributed by atoms with Crippen LogP contribution in [0.2, 0.25) is 0 Å². The molecule has 0 amide bonds. The lowest BCUT2D eigenvalue weighted by molar-refractivity contribution is -0.112. The zero-order chi connectivity index (χ0) is 17.7. The minimum Gasteiger partial charge on any atom is -0.395 e. The molecule has 0 aromatic carbocycles. The average molecular weight is 349 g/mol. The van der Waals surface area contributed by atoms with Gasteiger partial charge in [-0.25, -0.2) is 0 Å². The summed E-state index contributed by atoms with van der Waals surface area (Å²) in [5.74, 6) is 3.20. The van der Waals surface area contributed by atoms with Crippen molar-refractivity contribution < 1.29 is 9.94 Å². The van der Waals surface area contributed by atoms with Crippen LogP contribution in [-0.4, -0.2) is 30.1 Å². The summed E-state index contributed by atoms with van der Waals surface area (Å²) >= 11 is 0. The summed E-state index contributed by atoms with van der Waals surface area (Å²) in [6.45, 7) is 6.01. The van der Waals surface area contributed by atoms with Gasteiger partial charge in [-0.1, -0.05) is 19.0 Å². The number of aliphatic hydroxyl groups excluding tert-OH is 1. The molecule has 4 unspecified atom stereocenters. The predicted molar refractivity (Wildman–Crippen MR) is 100 cm³/mol. The van der Waals surface area contributed by atoms with Gasteiger partial charge in [-0.15, -0.1) is 0 Å². The van der Waals surface area contributed by atoms with Gasteiger partial charge in [-0.2, -0.15) is 0 Å². The molecule has 142 valence electrons. The highest BCUT2D eigenvalue weighted by Gasteiger charge is 2.59. The van der Waals surface area contributed by atoms with Crippen molar-refractivity contribution in [3.63, 3.8) is 0 Å². The summed E-state index contributed by atoms with van der Waals surface area (Å²) < 4.78 is 0. The van der Waals surface area contributed by atoms with Crippen molar-refractivity contribution >= 4 is 5.71 Å². The standard InChI is InChI=1S/C21H36N2O2/c1-20-9-7-15(23-25-12-11-22)13-14(20)3-4-16-17-5-6-19(24)21(17,2)10-8-18(16)20/h14,16-19,24H,3-13,22H2,1-2H3/t14?,16?,17?,18?,19-,20-,21-/m0/s1. The molecule has 0 aliphatic heterocycles. The third-order valence-electron chi connectivity index (χ3n) is 8.85. The lowest BCUT2D eigenvalue weighted by Gasteiger charge is -2.60. The van der Waals surface area contributed by atoms with Crippen LogP contribution in [0.5, 0.6) is 0 Å². The van der Waals surface area contributed by atoms with E-state index < -0.39 is 0 Å². The second kappa shape index (κ2) is 6.53. The lowest BCUT2D eigenvalue weighted by atomic mass is 9.45. The second-order valence-corrected chi connectivity index (χ2v) is 9.78. The zero-order valence-corrected chi connectivity index (χ0v) is 16.0. The van der Waals surface area contributed by atoms with E-state index in [0.29, 0.717) is 18.6 Å². The van der Waals surface area contributed by atoms with E-state index in [4.69, 9.17) is 10.6 Å². The molecule has 4 rings (SSSR count). The van der Waals surface area contributed by atoms with E-state index in [1.807, 2.05) is 0 Å². The van der Waals surface area contributed by atoms with Gasteiger partial charge in [0.1, 0.15) is 6.61 Å². The van der Waals surface area contributed by atoms with E-state index in [-0.39, 0.29) is 11.5 Å². The molecule has 0 heterocycles. The third-order valence-corrected chi connectivity index (χ3v) is 8.85. The van der Waals surface area contributed by atoms with Crippen LogP contribution < -0.4 is 5.73 Å². The molecule has 4 fully saturated rings. The Labute approximate surface area is 152 Å². The maximum absolute atomic E-state index is 10.6. The Balaban J connectivity index is 1.50. The van der Waals surface area contributed by atoms with E-state index in [0.717, 1.165) is 42.9 Å². The average Bonchev–Trinajstić information content (AvgIpc) is 2.90. The molecule has 0 aromatic heterocycles. The largest absolute Gasteiger partial charge is 0.395 e. The van der Waals surface area contributed by atoms with E-state index in [2.05, 4.69) is 19.0 Å².